The van der Waals surface area contributed by atoms with Gasteiger partial charge in [0.25, 0.3) is 0 Å². The summed E-state index contributed by atoms with van der Waals surface area (Å²) in [5.41, 5.74) is 3.06. The number of hydrogen-bond acceptors (Lipinski definition) is 2. The maximum atomic E-state index is 11.1. The van der Waals surface area contributed by atoms with E-state index in [4.69, 9.17) is 5.11 Å². The maximum absolute atomic E-state index is 11.1. The summed E-state index contributed by atoms with van der Waals surface area (Å²) >= 11 is 0. The van der Waals surface area contributed by atoms with Crippen LogP contribution in [0.1, 0.15) is 26.3 Å². The SMILES string of the molecule is CC.CC(=O)N[C@@H](Cc1ccc(-c2ccccc2)cc1)C(=O)O. The average Bonchev–Trinajstić information content (AvgIpc) is 2.57. The first kappa shape index (κ1) is 18.4. The van der Waals surface area contributed by atoms with Crippen molar-refractivity contribution < 1.29 is 14.7 Å². The van der Waals surface area contributed by atoms with Crippen molar-refractivity contribution in [2.75, 3.05) is 0 Å². The summed E-state index contributed by atoms with van der Waals surface area (Å²) in [4.78, 5) is 22.1. The third kappa shape index (κ3) is 5.94. The number of amides is 1. The Labute approximate surface area is 137 Å². The Balaban J connectivity index is 0.00000127. The van der Waals surface area contributed by atoms with E-state index in [0.29, 0.717) is 0 Å². The van der Waals surface area contributed by atoms with E-state index < -0.39 is 12.0 Å². The van der Waals surface area contributed by atoms with Gasteiger partial charge in [-0.15, -0.1) is 0 Å². The quantitative estimate of drug-likeness (QED) is 0.887. The van der Waals surface area contributed by atoms with Crippen LogP contribution in [-0.4, -0.2) is 23.0 Å². The minimum atomic E-state index is -1.03. The van der Waals surface area contributed by atoms with Crippen molar-refractivity contribution in [2.24, 2.45) is 0 Å². The van der Waals surface area contributed by atoms with Gasteiger partial charge in [-0.1, -0.05) is 68.4 Å². The molecule has 0 fully saturated rings. The lowest BCUT2D eigenvalue weighted by atomic mass is 10.0. The molecule has 0 aliphatic carbocycles. The summed E-state index contributed by atoms with van der Waals surface area (Å²) in [7, 11) is 0. The number of aliphatic carboxylic acids is 1. The van der Waals surface area contributed by atoms with Crippen molar-refractivity contribution in [1.82, 2.24) is 5.32 Å². The molecule has 1 amide bonds. The van der Waals surface area contributed by atoms with Gasteiger partial charge < -0.3 is 10.4 Å². The van der Waals surface area contributed by atoms with Crippen molar-refractivity contribution in [3.63, 3.8) is 0 Å². The second-order valence-corrected chi connectivity index (χ2v) is 4.86. The second-order valence-electron chi connectivity index (χ2n) is 4.86. The number of benzene rings is 2. The van der Waals surface area contributed by atoms with E-state index in [-0.39, 0.29) is 12.3 Å². The van der Waals surface area contributed by atoms with E-state index >= 15 is 0 Å². The topological polar surface area (TPSA) is 66.4 Å². The molecular formula is C19H23NO3. The van der Waals surface area contributed by atoms with Gasteiger partial charge in [-0.3, -0.25) is 4.79 Å². The lowest BCUT2D eigenvalue weighted by molar-refractivity contribution is -0.141. The number of carbonyl (C=O) groups excluding carboxylic acids is 1. The molecule has 4 heteroatoms. The van der Waals surface area contributed by atoms with Crippen LogP contribution in [0.2, 0.25) is 0 Å². The number of rotatable bonds is 5. The van der Waals surface area contributed by atoms with Gasteiger partial charge in [0.05, 0.1) is 0 Å². The van der Waals surface area contributed by atoms with Gasteiger partial charge in [0.2, 0.25) is 5.91 Å². The van der Waals surface area contributed by atoms with E-state index in [1.807, 2.05) is 68.4 Å². The van der Waals surface area contributed by atoms with Crippen LogP contribution < -0.4 is 5.32 Å². The third-order valence-corrected chi connectivity index (χ3v) is 3.18. The number of nitrogens with one attached hydrogen (secondary N) is 1. The highest BCUT2D eigenvalue weighted by molar-refractivity contribution is 5.82. The van der Waals surface area contributed by atoms with Crippen molar-refractivity contribution in [1.29, 1.82) is 0 Å². The van der Waals surface area contributed by atoms with Crippen LogP contribution >= 0.6 is 0 Å². The summed E-state index contributed by atoms with van der Waals surface area (Å²) in [5.74, 6) is -1.37. The third-order valence-electron chi connectivity index (χ3n) is 3.18. The molecule has 0 bridgehead atoms. The van der Waals surface area contributed by atoms with Crippen LogP contribution in [0.4, 0.5) is 0 Å². The van der Waals surface area contributed by atoms with Crippen molar-refractivity contribution in [2.45, 2.75) is 33.2 Å². The molecule has 122 valence electrons. The van der Waals surface area contributed by atoms with Gasteiger partial charge in [-0.05, 0) is 16.7 Å². The summed E-state index contributed by atoms with van der Waals surface area (Å²) in [6.07, 6.45) is 0.268. The minimum Gasteiger partial charge on any atom is -0.480 e. The second kappa shape index (κ2) is 9.41. The maximum Gasteiger partial charge on any atom is 0.326 e. The molecule has 0 radical (unpaired) electrons. The van der Waals surface area contributed by atoms with E-state index in [1.165, 1.54) is 6.92 Å². The average molecular weight is 313 g/mol. The van der Waals surface area contributed by atoms with Gasteiger partial charge in [0.1, 0.15) is 6.04 Å². The van der Waals surface area contributed by atoms with Crippen molar-refractivity contribution >= 4 is 11.9 Å². The molecule has 2 rings (SSSR count). The Bertz CT molecular complexity index is 621. The van der Waals surface area contributed by atoms with Gasteiger partial charge >= 0.3 is 5.97 Å². The highest BCUT2D eigenvalue weighted by Gasteiger charge is 2.18. The van der Waals surface area contributed by atoms with Crippen LogP contribution in [0.25, 0.3) is 11.1 Å². The van der Waals surface area contributed by atoms with E-state index in [0.717, 1.165) is 16.7 Å². The number of carboxylic acid groups (broad SMARTS) is 1. The molecule has 0 aliphatic heterocycles. The monoisotopic (exact) mass is 313 g/mol. The Kier molecular flexibility index (Phi) is 7.54. The fraction of sp³-hybridized carbons (Fsp3) is 0.263. The Hall–Kier alpha value is -2.62. The van der Waals surface area contributed by atoms with Crippen LogP contribution in [0.5, 0.6) is 0 Å². The molecular weight excluding hydrogens is 290 g/mol. The fourth-order valence-corrected chi connectivity index (χ4v) is 2.15. The number of hydrogen-bond donors (Lipinski definition) is 2. The Morgan fingerprint density at radius 3 is 1.96 bits per heavy atom. The minimum absolute atomic E-state index is 0.268. The molecule has 4 nitrogen and oxygen atoms in total. The van der Waals surface area contributed by atoms with Crippen LogP contribution in [0.3, 0.4) is 0 Å². The smallest absolute Gasteiger partial charge is 0.326 e. The summed E-state index contributed by atoms with van der Waals surface area (Å²) < 4.78 is 0. The molecule has 23 heavy (non-hydrogen) atoms. The van der Waals surface area contributed by atoms with Crippen LogP contribution in [0, 0.1) is 0 Å². The predicted octanol–water partition coefficient (Wildman–Crippen LogP) is 3.51. The number of carbonyl (C=O) groups is 2. The van der Waals surface area contributed by atoms with Crippen LogP contribution in [0.15, 0.2) is 54.6 Å². The lowest BCUT2D eigenvalue weighted by Gasteiger charge is -2.13. The summed E-state index contributed by atoms with van der Waals surface area (Å²) in [6, 6.07) is 16.7. The van der Waals surface area contributed by atoms with Crippen LogP contribution in [-0.2, 0) is 16.0 Å². The molecule has 0 aromatic heterocycles. The first-order valence-corrected chi connectivity index (χ1v) is 7.70. The lowest BCUT2D eigenvalue weighted by Crippen LogP contribution is -2.41. The summed E-state index contributed by atoms with van der Waals surface area (Å²) in [6.45, 7) is 5.31. The van der Waals surface area contributed by atoms with Gasteiger partial charge in [0.15, 0.2) is 0 Å². The fourth-order valence-electron chi connectivity index (χ4n) is 2.15. The van der Waals surface area contributed by atoms with Crippen molar-refractivity contribution in [3.05, 3.63) is 60.2 Å². The Morgan fingerprint density at radius 2 is 1.48 bits per heavy atom. The molecule has 0 heterocycles. The Morgan fingerprint density at radius 1 is 0.957 bits per heavy atom. The zero-order valence-electron chi connectivity index (χ0n) is 13.7. The standard InChI is InChI=1S/C17H17NO3.C2H6/c1-12(19)18-16(17(20)21)11-13-7-9-15(10-8-13)14-5-3-2-4-6-14;1-2/h2-10,16H,11H2,1H3,(H,18,19)(H,20,21);1-2H3/t16-;/m0./s1. The molecule has 0 saturated heterocycles. The predicted molar refractivity (Wildman–Crippen MR) is 92.2 cm³/mol. The van der Waals surface area contributed by atoms with Gasteiger partial charge in [-0.25, -0.2) is 4.79 Å². The zero-order valence-corrected chi connectivity index (χ0v) is 13.7. The first-order valence-electron chi connectivity index (χ1n) is 7.70. The molecule has 0 saturated carbocycles. The molecule has 2 N–H and O–H groups in total. The number of carboxylic acids is 1. The molecule has 0 aliphatic rings. The largest absolute Gasteiger partial charge is 0.480 e. The molecule has 1 atom stereocenters. The summed E-state index contributed by atoms with van der Waals surface area (Å²) in [5, 5.41) is 11.5. The van der Waals surface area contributed by atoms with Gasteiger partial charge in [0, 0.05) is 13.3 Å². The van der Waals surface area contributed by atoms with Crippen molar-refractivity contribution in [3.8, 4) is 11.1 Å². The zero-order chi connectivity index (χ0) is 17.2. The van der Waals surface area contributed by atoms with Gasteiger partial charge in [-0.2, -0.15) is 0 Å². The molecule has 2 aromatic rings. The highest BCUT2D eigenvalue weighted by atomic mass is 16.4. The van der Waals surface area contributed by atoms with E-state index in [2.05, 4.69) is 5.32 Å². The molecule has 0 spiro atoms. The van der Waals surface area contributed by atoms with E-state index in [1.54, 1.807) is 0 Å². The normalized spacial score (nSPS) is 10.9. The molecule has 2 aromatic carbocycles. The molecule has 0 unspecified atom stereocenters. The van der Waals surface area contributed by atoms with E-state index in [9.17, 15) is 9.59 Å². The highest BCUT2D eigenvalue weighted by Crippen LogP contribution is 2.19. The first-order chi connectivity index (χ1) is 11.1.